The van der Waals surface area contributed by atoms with Crippen LogP contribution in [0.5, 0.6) is 23.0 Å². The maximum atomic E-state index is 11.5. The number of carbonyl (C=O) groups is 2. The van der Waals surface area contributed by atoms with Gasteiger partial charge in [-0.3, -0.25) is 0 Å². The van der Waals surface area contributed by atoms with Gasteiger partial charge in [0.2, 0.25) is 0 Å². The van der Waals surface area contributed by atoms with Gasteiger partial charge >= 0.3 is 81.0 Å². The predicted octanol–water partition coefficient (Wildman–Crippen LogP) is 9.64. The molecule has 0 heterocycles. The second-order valence-electron chi connectivity index (χ2n) is 9.05. The van der Waals surface area contributed by atoms with E-state index in [-0.39, 0.29) is 34.9 Å². The van der Waals surface area contributed by atoms with Crippen LogP contribution in [0.15, 0.2) is 84.9 Å². The van der Waals surface area contributed by atoms with E-state index < -0.39 is 30.3 Å². The SMILES string of the molecule is CCOC(=O)c1ccc(/C=C/c2ccc(O)c(O)c2)cc1.CCOC(=O)c1ccc(/C=C/c2ccc(O)c(O)c2)cc1.[Cl][Zn][Cl].[Cl][Zn][Cl]. The molecule has 0 bridgehead atoms. The first-order valence-electron chi connectivity index (χ1n) is 14.2. The van der Waals surface area contributed by atoms with E-state index in [0.29, 0.717) is 24.3 Å². The van der Waals surface area contributed by atoms with Crippen molar-refractivity contribution in [1.82, 2.24) is 0 Å². The molecular weight excluding hydrogens is 809 g/mol. The number of ether oxygens (including phenoxy) is 2. The summed E-state index contributed by atoms with van der Waals surface area (Å²) in [4.78, 5) is 23.0. The molecular formula is C34H32Cl4O8Zn2. The second kappa shape index (κ2) is 25.0. The normalized spacial score (nSPS) is 9.79. The zero-order chi connectivity index (χ0) is 35.9. The first-order valence-corrected chi connectivity index (χ1v) is 29.8. The molecule has 0 aliphatic heterocycles. The first kappa shape index (κ1) is 42.9. The Labute approximate surface area is 310 Å². The summed E-state index contributed by atoms with van der Waals surface area (Å²) in [6.07, 6.45) is 7.30. The second-order valence-corrected chi connectivity index (χ2v) is 18.3. The number of halogens is 4. The van der Waals surface area contributed by atoms with Crippen LogP contribution >= 0.6 is 38.8 Å². The molecule has 248 valence electrons. The summed E-state index contributed by atoms with van der Waals surface area (Å²) in [6, 6.07) is 23.2. The minimum absolute atomic E-state index is 0.147. The van der Waals surface area contributed by atoms with Crippen LogP contribution in [-0.4, -0.2) is 45.6 Å². The summed E-state index contributed by atoms with van der Waals surface area (Å²) in [5, 5.41) is 37.3. The van der Waals surface area contributed by atoms with E-state index in [1.165, 1.54) is 24.3 Å². The van der Waals surface area contributed by atoms with Crippen molar-refractivity contribution in [3.63, 3.8) is 0 Å². The van der Waals surface area contributed by atoms with Crippen molar-refractivity contribution in [2.24, 2.45) is 0 Å². The van der Waals surface area contributed by atoms with Gasteiger partial charge in [-0.05, 0) is 84.6 Å². The Kier molecular flexibility index (Phi) is 22.3. The molecule has 0 amide bonds. The van der Waals surface area contributed by atoms with Crippen LogP contribution < -0.4 is 0 Å². The van der Waals surface area contributed by atoms with Crippen molar-refractivity contribution in [3.05, 3.63) is 118 Å². The van der Waals surface area contributed by atoms with Gasteiger partial charge in [-0.2, -0.15) is 0 Å². The summed E-state index contributed by atoms with van der Waals surface area (Å²) in [5.74, 6) is -1.28. The van der Waals surface area contributed by atoms with Gasteiger partial charge in [-0.15, -0.1) is 0 Å². The van der Waals surface area contributed by atoms with Crippen molar-refractivity contribution in [2.45, 2.75) is 13.8 Å². The number of benzene rings is 4. The van der Waals surface area contributed by atoms with Crippen molar-refractivity contribution >= 4 is 75.0 Å². The molecule has 14 heteroatoms. The van der Waals surface area contributed by atoms with Crippen molar-refractivity contribution in [2.75, 3.05) is 13.2 Å². The molecule has 0 aromatic heterocycles. The Morgan fingerprint density at radius 1 is 0.521 bits per heavy atom. The molecule has 0 aliphatic carbocycles. The molecule has 0 saturated heterocycles. The Hall–Kier alpha value is -3.09. The number of hydrogen-bond acceptors (Lipinski definition) is 8. The summed E-state index contributed by atoms with van der Waals surface area (Å²) in [7, 11) is 19.8. The van der Waals surface area contributed by atoms with Gasteiger partial charge in [-0.1, -0.05) is 60.7 Å². The number of carbonyl (C=O) groups excluding carboxylic acids is 2. The first-order chi connectivity index (χ1) is 23.0. The summed E-state index contributed by atoms with van der Waals surface area (Å²) in [6.45, 7) is 4.24. The van der Waals surface area contributed by atoms with Crippen LogP contribution in [0.25, 0.3) is 24.3 Å². The average Bonchev–Trinajstić information content (AvgIpc) is 3.07. The van der Waals surface area contributed by atoms with Gasteiger partial charge in [0.25, 0.3) is 0 Å². The van der Waals surface area contributed by atoms with E-state index in [4.69, 9.17) is 48.2 Å². The Bertz CT molecular complexity index is 1500. The van der Waals surface area contributed by atoms with E-state index in [1.807, 2.05) is 36.4 Å². The Morgan fingerprint density at radius 3 is 1.06 bits per heavy atom. The number of phenols is 4. The number of rotatable bonds is 8. The van der Waals surface area contributed by atoms with Gasteiger partial charge in [0, 0.05) is 0 Å². The molecule has 48 heavy (non-hydrogen) atoms. The third kappa shape index (κ3) is 16.8. The summed E-state index contributed by atoms with van der Waals surface area (Å²) < 4.78 is 9.83. The molecule has 0 saturated carbocycles. The molecule has 4 aromatic carbocycles. The predicted molar refractivity (Wildman–Crippen MR) is 186 cm³/mol. The van der Waals surface area contributed by atoms with E-state index in [0.717, 1.165) is 22.3 Å². The number of hydrogen-bond donors (Lipinski definition) is 4. The number of phenolic OH excluding ortho intramolecular Hbond substituents is 4. The molecule has 4 aromatic rings. The molecule has 4 N–H and O–H groups in total. The Balaban J connectivity index is 0.000000412. The molecule has 0 aliphatic rings. The monoisotopic (exact) mass is 836 g/mol. The zero-order valence-electron chi connectivity index (χ0n) is 26.2. The maximum absolute atomic E-state index is 11.5. The third-order valence-corrected chi connectivity index (χ3v) is 5.78. The van der Waals surface area contributed by atoms with Crippen LogP contribution in [0.2, 0.25) is 0 Å². The molecule has 0 fully saturated rings. The number of esters is 2. The van der Waals surface area contributed by atoms with Crippen LogP contribution in [-0.2, 0) is 39.8 Å². The third-order valence-electron chi connectivity index (χ3n) is 5.78. The van der Waals surface area contributed by atoms with Gasteiger partial charge in [0.1, 0.15) is 0 Å². The topological polar surface area (TPSA) is 134 Å². The standard InChI is InChI=1S/2C17H16O4.4ClH.2Zn/c2*1-2-21-17(20)14-8-5-12(6-9-14)3-4-13-7-10-15(18)16(19)11-13;;;;;;/h2*3-11,18-19H,2H2,1H3;4*1H;;/q;;;;;;2*+2/p-4/b2*4-3+;;;;;;. The molecule has 0 spiro atoms. The molecule has 0 atom stereocenters. The van der Waals surface area contributed by atoms with Crippen molar-refractivity contribution < 1.29 is 69.8 Å². The fourth-order valence-corrected chi connectivity index (χ4v) is 3.56. The van der Waals surface area contributed by atoms with Gasteiger partial charge in [0.05, 0.1) is 24.3 Å². The van der Waals surface area contributed by atoms with Crippen LogP contribution in [0.1, 0.15) is 56.8 Å². The van der Waals surface area contributed by atoms with E-state index in [1.54, 1.807) is 62.4 Å². The zero-order valence-corrected chi connectivity index (χ0v) is 35.1. The Morgan fingerprint density at radius 2 is 0.792 bits per heavy atom. The minimum atomic E-state index is -0.931. The van der Waals surface area contributed by atoms with E-state index in [9.17, 15) is 30.0 Å². The molecule has 0 unspecified atom stereocenters. The number of aromatic hydroxyl groups is 4. The summed E-state index contributed by atoms with van der Waals surface area (Å²) >= 11 is -1.86. The van der Waals surface area contributed by atoms with Crippen LogP contribution in [0.4, 0.5) is 0 Å². The molecule has 8 nitrogen and oxygen atoms in total. The fourth-order valence-electron chi connectivity index (χ4n) is 3.56. The molecule has 0 radical (unpaired) electrons. The quantitative estimate of drug-likeness (QED) is 0.0597. The van der Waals surface area contributed by atoms with Crippen molar-refractivity contribution in [3.8, 4) is 23.0 Å². The summed E-state index contributed by atoms with van der Waals surface area (Å²) in [5.41, 5.74) is 4.37. The molecule has 4 rings (SSSR count). The van der Waals surface area contributed by atoms with Crippen molar-refractivity contribution in [1.29, 1.82) is 0 Å². The van der Waals surface area contributed by atoms with Gasteiger partial charge in [-0.25, -0.2) is 9.59 Å². The van der Waals surface area contributed by atoms with Gasteiger partial charge < -0.3 is 29.9 Å². The van der Waals surface area contributed by atoms with Gasteiger partial charge in [0.15, 0.2) is 23.0 Å². The van der Waals surface area contributed by atoms with E-state index in [2.05, 4.69) is 0 Å². The average molecular weight is 841 g/mol. The van der Waals surface area contributed by atoms with Crippen LogP contribution in [0.3, 0.4) is 0 Å². The van der Waals surface area contributed by atoms with E-state index >= 15 is 0 Å². The fraction of sp³-hybridized carbons (Fsp3) is 0.118. The van der Waals surface area contributed by atoms with Crippen LogP contribution in [0, 0.1) is 0 Å².